The number of esters is 1. The lowest BCUT2D eigenvalue weighted by molar-refractivity contribution is -0.384. The third-order valence-electron chi connectivity index (χ3n) is 2.65. The van der Waals surface area contributed by atoms with E-state index in [2.05, 4.69) is 6.92 Å². The molecule has 0 fully saturated rings. The number of unbranched alkanes of at least 4 members (excludes halogenated alkanes) is 2. The van der Waals surface area contributed by atoms with E-state index in [4.69, 9.17) is 9.47 Å². The molecule has 0 aliphatic heterocycles. The fraction of sp³-hybridized carbons (Fsp3) is 0.500. The Balaban J connectivity index is 2.17. The number of rotatable bonds is 9. The summed E-state index contributed by atoms with van der Waals surface area (Å²) in [5.74, 6) is 0.295. The van der Waals surface area contributed by atoms with Gasteiger partial charge >= 0.3 is 5.97 Å². The molecule has 0 saturated carbocycles. The maximum absolute atomic E-state index is 11.3. The normalized spacial score (nSPS) is 10.1. The minimum atomic E-state index is -0.470. The Morgan fingerprint density at radius 1 is 1.20 bits per heavy atom. The molecular weight excluding hydrogens is 262 g/mol. The summed E-state index contributed by atoms with van der Waals surface area (Å²) in [6.07, 6.45) is 3.37. The van der Waals surface area contributed by atoms with Crippen molar-refractivity contribution in [3.05, 3.63) is 34.4 Å². The van der Waals surface area contributed by atoms with Crippen molar-refractivity contribution in [3.63, 3.8) is 0 Å². The molecule has 6 nitrogen and oxygen atoms in total. The smallest absolute Gasteiger partial charge is 0.305 e. The number of nitro groups is 1. The van der Waals surface area contributed by atoms with Gasteiger partial charge in [-0.05, 0) is 18.6 Å². The maximum Gasteiger partial charge on any atom is 0.305 e. The second-order valence-electron chi connectivity index (χ2n) is 4.28. The average molecular weight is 281 g/mol. The van der Waals surface area contributed by atoms with Crippen LogP contribution in [-0.4, -0.2) is 24.1 Å². The van der Waals surface area contributed by atoms with Gasteiger partial charge in [0.25, 0.3) is 5.69 Å². The van der Waals surface area contributed by atoms with Crippen LogP contribution in [0, 0.1) is 10.1 Å². The molecule has 1 aromatic carbocycles. The van der Waals surface area contributed by atoms with Crippen molar-refractivity contribution in [2.24, 2.45) is 0 Å². The molecule has 0 N–H and O–H groups in total. The monoisotopic (exact) mass is 281 g/mol. The highest BCUT2D eigenvalue weighted by molar-refractivity contribution is 5.69. The summed E-state index contributed by atoms with van der Waals surface area (Å²) in [7, 11) is 0. The highest BCUT2D eigenvalue weighted by atomic mass is 16.6. The van der Waals surface area contributed by atoms with Gasteiger partial charge in [0, 0.05) is 18.6 Å². The Bertz CT molecular complexity index is 430. The molecule has 0 bridgehead atoms. The molecule has 0 heterocycles. The standard InChI is InChI=1S/C14H19NO5/c1-2-3-4-5-14(16)20-11-10-19-13-8-6-12(7-9-13)15(17)18/h6-9H,2-5,10-11H2,1H3. The molecule has 1 rings (SSSR count). The fourth-order valence-corrected chi connectivity index (χ4v) is 1.57. The lowest BCUT2D eigenvalue weighted by Gasteiger charge is -2.07. The van der Waals surface area contributed by atoms with Crippen LogP contribution in [0.2, 0.25) is 0 Å². The van der Waals surface area contributed by atoms with Crippen LogP contribution in [0.3, 0.4) is 0 Å². The van der Waals surface area contributed by atoms with Gasteiger partial charge in [0.05, 0.1) is 4.92 Å². The van der Waals surface area contributed by atoms with Crippen LogP contribution in [-0.2, 0) is 9.53 Å². The molecule has 0 aliphatic carbocycles. The number of nitrogens with zero attached hydrogens (tertiary/aromatic N) is 1. The molecule has 20 heavy (non-hydrogen) atoms. The summed E-state index contributed by atoms with van der Waals surface area (Å²) in [6.45, 7) is 2.49. The van der Waals surface area contributed by atoms with E-state index in [1.165, 1.54) is 24.3 Å². The molecule has 0 aromatic heterocycles. The van der Waals surface area contributed by atoms with E-state index in [1.54, 1.807) is 0 Å². The number of ether oxygens (including phenoxy) is 2. The quantitative estimate of drug-likeness (QED) is 0.301. The molecule has 0 aliphatic rings. The SMILES string of the molecule is CCCCCC(=O)OCCOc1ccc([N+](=O)[O-])cc1. The number of carbonyl (C=O) groups excluding carboxylic acids is 1. The first-order valence-corrected chi connectivity index (χ1v) is 6.66. The van der Waals surface area contributed by atoms with Crippen LogP contribution in [0.25, 0.3) is 0 Å². The van der Waals surface area contributed by atoms with Crippen LogP contribution < -0.4 is 4.74 Å². The van der Waals surface area contributed by atoms with Crippen molar-refractivity contribution in [3.8, 4) is 5.75 Å². The highest BCUT2D eigenvalue weighted by Gasteiger charge is 2.05. The molecule has 1 aromatic rings. The number of hydrogen-bond acceptors (Lipinski definition) is 5. The van der Waals surface area contributed by atoms with E-state index >= 15 is 0 Å². The molecule has 0 atom stereocenters. The molecule has 0 radical (unpaired) electrons. The Morgan fingerprint density at radius 3 is 2.50 bits per heavy atom. The lowest BCUT2D eigenvalue weighted by atomic mass is 10.2. The zero-order chi connectivity index (χ0) is 14.8. The second-order valence-corrected chi connectivity index (χ2v) is 4.28. The third kappa shape index (κ3) is 6.17. The van der Waals surface area contributed by atoms with Gasteiger partial charge < -0.3 is 9.47 Å². The van der Waals surface area contributed by atoms with Crippen molar-refractivity contribution >= 4 is 11.7 Å². The van der Waals surface area contributed by atoms with Gasteiger partial charge in [-0.15, -0.1) is 0 Å². The molecule has 6 heteroatoms. The third-order valence-corrected chi connectivity index (χ3v) is 2.65. The van der Waals surface area contributed by atoms with Crippen LogP contribution in [0.4, 0.5) is 5.69 Å². The van der Waals surface area contributed by atoms with Crippen molar-refractivity contribution in [1.82, 2.24) is 0 Å². The minimum absolute atomic E-state index is 0.0136. The molecular formula is C14H19NO5. The summed E-state index contributed by atoms with van der Waals surface area (Å²) in [6, 6.07) is 5.76. The van der Waals surface area contributed by atoms with Gasteiger partial charge in [-0.3, -0.25) is 14.9 Å². The van der Waals surface area contributed by atoms with Crippen molar-refractivity contribution in [1.29, 1.82) is 0 Å². The number of non-ortho nitro benzene ring substituents is 1. The first-order chi connectivity index (χ1) is 9.63. The Hall–Kier alpha value is -2.11. The summed E-state index contributed by atoms with van der Waals surface area (Å²) in [5.41, 5.74) is 0.0136. The summed E-state index contributed by atoms with van der Waals surface area (Å²) < 4.78 is 10.3. The second kappa shape index (κ2) is 8.90. The van der Waals surface area contributed by atoms with E-state index in [0.717, 1.165) is 19.3 Å². The van der Waals surface area contributed by atoms with Crippen molar-refractivity contribution in [2.75, 3.05) is 13.2 Å². The van der Waals surface area contributed by atoms with Gasteiger partial charge in [0.15, 0.2) is 0 Å². The van der Waals surface area contributed by atoms with Gasteiger partial charge in [0.2, 0.25) is 0 Å². The molecule has 0 unspecified atom stereocenters. The van der Waals surface area contributed by atoms with Crippen LogP contribution in [0.5, 0.6) is 5.75 Å². The predicted octanol–water partition coefficient (Wildman–Crippen LogP) is 3.10. The number of hydrogen-bond donors (Lipinski definition) is 0. The van der Waals surface area contributed by atoms with Gasteiger partial charge in [-0.2, -0.15) is 0 Å². The largest absolute Gasteiger partial charge is 0.490 e. The zero-order valence-corrected chi connectivity index (χ0v) is 11.5. The first kappa shape index (κ1) is 15.9. The Kier molecular flexibility index (Phi) is 7.10. The van der Waals surface area contributed by atoms with E-state index in [-0.39, 0.29) is 24.9 Å². The number of benzene rings is 1. The van der Waals surface area contributed by atoms with E-state index < -0.39 is 4.92 Å². The summed E-state index contributed by atoms with van der Waals surface area (Å²) >= 11 is 0. The lowest BCUT2D eigenvalue weighted by Crippen LogP contribution is -2.11. The first-order valence-electron chi connectivity index (χ1n) is 6.66. The van der Waals surface area contributed by atoms with Crippen molar-refractivity contribution < 1.29 is 19.2 Å². The minimum Gasteiger partial charge on any atom is -0.490 e. The Labute approximate surface area is 117 Å². The summed E-state index contributed by atoms with van der Waals surface area (Å²) in [4.78, 5) is 21.3. The highest BCUT2D eigenvalue weighted by Crippen LogP contribution is 2.17. The topological polar surface area (TPSA) is 78.7 Å². The molecule has 110 valence electrons. The van der Waals surface area contributed by atoms with E-state index in [9.17, 15) is 14.9 Å². The predicted molar refractivity (Wildman–Crippen MR) is 73.7 cm³/mol. The Morgan fingerprint density at radius 2 is 1.90 bits per heavy atom. The van der Waals surface area contributed by atoms with Gasteiger partial charge in [-0.1, -0.05) is 19.8 Å². The average Bonchev–Trinajstić information content (AvgIpc) is 2.44. The van der Waals surface area contributed by atoms with Crippen LogP contribution in [0.1, 0.15) is 32.6 Å². The van der Waals surface area contributed by atoms with Gasteiger partial charge in [-0.25, -0.2) is 0 Å². The summed E-state index contributed by atoms with van der Waals surface area (Å²) in [5, 5.41) is 10.5. The van der Waals surface area contributed by atoms with Crippen molar-refractivity contribution in [2.45, 2.75) is 32.6 Å². The van der Waals surface area contributed by atoms with Gasteiger partial charge in [0.1, 0.15) is 19.0 Å². The number of carbonyl (C=O) groups is 1. The zero-order valence-electron chi connectivity index (χ0n) is 11.5. The molecule has 0 saturated heterocycles. The molecule has 0 spiro atoms. The maximum atomic E-state index is 11.3. The van der Waals surface area contributed by atoms with E-state index in [0.29, 0.717) is 12.2 Å². The number of nitro benzene ring substituents is 1. The van der Waals surface area contributed by atoms with E-state index in [1.807, 2.05) is 0 Å². The fourth-order valence-electron chi connectivity index (χ4n) is 1.57. The van der Waals surface area contributed by atoms with Crippen LogP contribution >= 0.6 is 0 Å². The molecule has 0 amide bonds. The van der Waals surface area contributed by atoms with Crippen LogP contribution in [0.15, 0.2) is 24.3 Å².